The lowest BCUT2D eigenvalue weighted by molar-refractivity contribution is -0.118. The average molecular weight is 233 g/mol. The molecule has 0 heterocycles. The highest BCUT2D eigenvalue weighted by Crippen LogP contribution is 2.09. The number of carbonyl (C=O) groups is 1. The lowest BCUT2D eigenvalue weighted by Gasteiger charge is -2.04. The van der Waals surface area contributed by atoms with E-state index in [0.29, 0.717) is 25.8 Å². The normalized spacial score (nSPS) is 9.94. The minimum absolute atomic E-state index is 0.0800. The molecular weight excluding hydrogens is 214 g/mol. The van der Waals surface area contributed by atoms with Gasteiger partial charge in [0, 0.05) is 19.4 Å². The van der Waals surface area contributed by atoms with Crippen molar-refractivity contribution in [3.05, 3.63) is 35.4 Å². The first-order valence-electron chi connectivity index (χ1n) is 5.71. The number of hydrogen-bond acceptors (Lipinski definition) is 2. The maximum atomic E-state index is 11.7. The van der Waals surface area contributed by atoms with Crippen molar-refractivity contribution in [2.24, 2.45) is 16.5 Å². The first kappa shape index (κ1) is 13.2. The number of aryl methyl sites for hydroxylation is 1. The average Bonchev–Trinajstić information content (AvgIpc) is 2.27. The first-order chi connectivity index (χ1) is 8.09. The van der Waals surface area contributed by atoms with Crippen LogP contribution in [0.5, 0.6) is 0 Å². The van der Waals surface area contributed by atoms with Crippen LogP contribution in [0.25, 0.3) is 0 Å². The van der Waals surface area contributed by atoms with Gasteiger partial charge < -0.3 is 11.5 Å². The zero-order valence-electron chi connectivity index (χ0n) is 10.1. The van der Waals surface area contributed by atoms with Crippen LogP contribution in [-0.4, -0.2) is 18.3 Å². The lowest BCUT2D eigenvalue weighted by atomic mass is 10.0. The lowest BCUT2D eigenvalue weighted by Crippen LogP contribution is -2.23. The molecule has 0 radical (unpaired) electrons. The van der Waals surface area contributed by atoms with E-state index in [0.717, 1.165) is 11.1 Å². The molecule has 4 heteroatoms. The zero-order valence-corrected chi connectivity index (χ0v) is 10.1. The zero-order chi connectivity index (χ0) is 12.7. The molecule has 17 heavy (non-hydrogen) atoms. The molecule has 0 fully saturated rings. The molecule has 0 aromatic heterocycles. The summed E-state index contributed by atoms with van der Waals surface area (Å²) in [6, 6.07) is 7.93. The van der Waals surface area contributed by atoms with Crippen molar-refractivity contribution >= 4 is 11.7 Å². The number of nitrogens with two attached hydrogens (primary N) is 2. The second-order valence-electron chi connectivity index (χ2n) is 4.05. The van der Waals surface area contributed by atoms with Crippen LogP contribution in [0.2, 0.25) is 0 Å². The highest BCUT2D eigenvalue weighted by atomic mass is 16.1. The van der Waals surface area contributed by atoms with Gasteiger partial charge in [0.05, 0.1) is 0 Å². The number of guanidine groups is 1. The number of carbonyl (C=O) groups excluding carboxylic acids is 1. The van der Waals surface area contributed by atoms with E-state index in [1.165, 1.54) is 0 Å². The summed E-state index contributed by atoms with van der Waals surface area (Å²) in [5.74, 6) is 0.307. The molecule has 92 valence electrons. The third-order valence-electron chi connectivity index (χ3n) is 2.56. The molecule has 0 saturated carbocycles. The third-order valence-corrected chi connectivity index (χ3v) is 2.56. The Morgan fingerprint density at radius 2 is 2.00 bits per heavy atom. The van der Waals surface area contributed by atoms with Gasteiger partial charge in [-0.1, -0.05) is 24.3 Å². The Morgan fingerprint density at radius 3 is 2.65 bits per heavy atom. The fourth-order valence-corrected chi connectivity index (χ4v) is 1.59. The summed E-state index contributed by atoms with van der Waals surface area (Å²) >= 11 is 0. The predicted molar refractivity (Wildman–Crippen MR) is 69.8 cm³/mol. The molecule has 1 aromatic rings. The molecular formula is C13H19N3O. The molecule has 0 aliphatic carbocycles. The summed E-state index contributed by atoms with van der Waals surface area (Å²) < 4.78 is 0. The second kappa shape index (κ2) is 6.68. The molecule has 0 aliphatic rings. The van der Waals surface area contributed by atoms with Crippen molar-refractivity contribution in [2.75, 3.05) is 6.54 Å². The third kappa shape index (κ3) is 5.15. The highest BCUT2D eigenvalue weighted by molar-refractivity contribution is 5.81. The summed E-state index contributed by atoms with van der Waals surface area (Å²) in [5.41, 5.74) is 12.6. The number of Topliss-reactive ketones (excluding diaryl/α,β-unsaturated/α-hetero) is 1. The van der Waals surface area contributed by atoms with E-state index in [4.69, 9.17) is 11.5 Å². The van der Waals surface area contributed by atoms with Gasteiger partial charge in [-0.05, 0) is 24.5 Å². The van der Waals surface area contributed by atoms with E-state index in [9.17, 15) is 4.79 Å². The van der Waals surface area contributed by atoms with Gasteiger partial charge in [-0.15, -0.1) is 0 Å². The van der Waals surface area contributed by atoms with E-state index in [1.54, 1.807) is 0 Å². The summed E-state index contributed by atoms with van der Waals surface area (Å²) in [6.07, 6.45) is 1.71. The topological polar surface area (TPSA) is 81.5 Å². The Bertz CT molecular complexity index is 409. The number of benzene rings is 1. The Hall–Kier alpha value is -1.84. The maximum Gasteiger partial charge on any atom is 0.185 e. The van der Waals surface area contributed by atoms with Gasteiger partial charge in [0.15, 0.2) is 5.96 Å². The Balaban J connectivity index is 2.35. The van der Waals surface area contributed by atoms with Crippen LogP contribution in [0.15, 0.2) is 29.3 Å². The Morgan fingerprint density at radius 1 is 1.29 bits per heavy atom. The minimum Gasteiger partial charge on any atom is -0.370 e. The van der Waals surface area contributed by atoms with Crippen LogP contribution in [0.4, 0.5) is 0 Å². The maximum absolute atomic E-state index is 11.7. The van der Waals surface area contributed by atoms with Crippen LogP contribution >= 0.6 is 0 Å². The quantitative estimate of drug-likeness (QED) is 0.439. The number of rotatable bonds is 6. The molecule has 4 N–H and O–H groups in total. The molecule has 0 amide bonds. The van der Waals surface area contributed by atoms with Crippen LogP contribution in [0.3, 0.4) is 0 Å². The van der Waals surface area contributed by atoms with Gasteiger partial charge in [0.2, 0.25) is 0 Å². The molecule has 0 bridgehead atoms. The summed E-state index contributed by atoms with van der Waals surface area (Å²) in [6.45, 7) is 2.53. The predicted octanol–water partition coefficient (Wildman–Crippen LogP) is 1.16. The van der Waals surface area contributed by atoms with E-state index >= 15 is 0 Å². The van der Waals surface area contributed by atoms with Gasteiger partial charge in [0.1, 0.15) is 5.78 Å². The van der Waals surface area contributed by atoms with Crippen molar-refractivity contribution in [1.82, 2.24) is 0 Å². The van der Waals surface area contributed by atoms with Gasteiger partial charge in [-0.2, -0.15) is 0 Å². The smallest absolute Gasteiger partial charge is 0.185 e. The monoisotopic (exact) mass is 233 g/mol. The van der Waals surface area contributed by atoms with Crippen molar-refractivity contribution in [3.63, 3.8) is 0 Å². The van der Waals surface area contributed by atoms with Gasteiger partial charge in [0.25, 0.3) is 0 Å². The number of aliphatic imine (C=N–C) groups is 1. The van der Waals surface area contributed by atoms with Crippen molar-refractivity contribution < 1.29 is 4.79 Å². The van der Waals surface area contributed by atoms with Crippen molar-refractivity contribution in [2.45, 2.75) is 26.2 Å². The van der Waals surface area contributed by atoms with Crippen molar-refractivity contribution in [3.8, 4) is 0 Å². The minimum atomic E-state index is 0.0800. The molecule has 0 aliphatic heterocycles. The van der Waals surface area contributed by atoms with Crippen LogP contribution in [0.1, 0.15) is 24.0 Å². The Labute approximate surface area is 102 Å². The van der Waals surface area contributed by atoms with E-state index in [1.807, 2.05) is 31.2 Å². The largest absolute Gasteiger partial charge is 0.370 e. The molecule has 0 atom stereocenters. The van der Waals surface area contributed by atoms with E-state index in [2.05, 4.69) is 4.99 Å². The summed E-state index contributed by atoms with van der Waals surface area (Å²) in [5, 5.41) is 0. The van der Waals surface area contributed by atoms with Gasteiger partial charge in [-0.3, -0.25) is 9.79 Å². The van der Waals surface area contributed by atoms with E-state index < -0.39 is 0 Å². The van der Waals surface area contributed by atoms with Crippen LogP contribution < -0.4 is 11.5 Å². The molecule has 1 aromatic carbocycles. The van der Waals surface area contributed by atoms with Crippen molar-refractivity contribution in [1.29, 1.82) is 0 Å². The van der Waals surface area contributed by atoms with Crippen LogP contribution in [-0.2, 0) is 11.2 Å². The highest BCUT2D eigenvalue weighted by Gasteiger charge is 2.05. The second-order valence-corrected chi connectivity index (χ2v) is 4.05. The number of hydrogen-bond donors (Lipinski definition) is 2. The number of nitrogens with zero attached hydrogens (tertiary/aromatic N) is 1. The summed E-state index contributed by atoms with van der Waals surface area (Å²) in [7, 11) is 0. The fourth-order valence-electron chi connectivity index (χ4n) is 1.59. The van der Waals surface area contributed by atoms with Crippen LogP contribution in [0, 0.1) is 6.92 Å². The SMILES string of the molecule is Cc1ccccc1CC(=O)CCCN=C(N)N. The molecule has 1 rings (SSSR count). The fraction of sp³-hybridized carbons (Fsp3) is 0.385. The molecule has 0 saturated heterocycles. The summed E-state index contributed by atoms with van der Waals surface area (Å²) in [4.78, 5) is 15.5. The molecule has 0 spiro atoms. The number of ketones is 1. The standard InChI is InChI=1S/C13H19N3O/c1-10-5-2-3-6-11(10)9-12(17)7-4-8-16-13(14)15/h2-3,5-6H,4,7-9H2,1H3,(H4,14,15,16). The molecule has 0 unspecified atom stereocenters. The van der Waals surface area contributed by atoms with Gasteiger partial charge in [-0.25, -0.2) is 0 Å². The Kier molecular flexibility index (Phi) is 5.20. The van der Waals surface area contributed by atoms with E-state index in [-0.39, 0.29) is 11.7 Å². The van der Waals surface area contributed by atoms with Gasteiger partial charge >= 0.3 is 0 Å². The first-order valence-corrected chi connectivity index (χ1v) is 5.71. The molecule has 4 nitrogen and oxygen atoms in total.